The summed E-state index contributed by atoms with van der Waals surface area (Å²) in [5, 5.41) is 9.58. The summed E-state index contributed by atoms with van der Waals surface area (Å²) in [6.45, 7) is 0.892. The molecule has 0 aliphatic rings. The molecular weight excluding hydrogens is 257 g/mol. The average molecular weight is 266 g/mol. The van der Waals surface area contributed by atoms with Gasteiger partial charge in [-0.25, -0.2) is 4.98 Å². The van der Waals surface area contributed by atoms with Crippen molar-refractivity contribution in [2.45, 2.75) is 19.2 Å². The zero-order valence-electron chi connectivity index (χ0n) is 9.90. The van der Waals surface area contributed by atoms with Crippen LogP contribution in [-0.2, 0) is 0 Å². The van der Waals surface area contributed by atoms with Crippen LogP contribution in [0.1, 0.15) is 12.5 Å². The Labute approximate surface area is 107 Å². The topological polar surface area (TPSA) is 45.9 Å². The summed E-state index contributed by atoms with van der Waals surface area (Å²) in [5.74, 6) is -0.208. The fourth-order valence-corrected chi connectivity index (χ4v) is 1.55. The number of nitrogens with zero attached hydrogens (tertiary/aromatic N) is 2. The Morgan fingerprint density at radius 2 is 2.00 bits per heavy atom. The van der Waals surface area contributed by atoms with Gasteiger partial charge in [-0.3, -0.25) is 0 Å². The predicted molar refractivity (Wildman–Crippen MR) is 62.6 cm³/mol. The van der Waals surface area contributed by atoms with Crippen molar-refractivity contribution in [3.8, 4) is 11.9 Å². The van der Waals surface area contributed by atoms with Crippen molar-refractivity contribution < 1.29 is 17.9 Å². The first-order chi connectivity index (χ1) is 8.91. The van der Waals surface area contributed by atoms with Gasteiger partial charge in [-0.05, 0) is 13.0 Å². The minimum atomic E-state index is -4.47. The Morgan fingerprint density at radius 3 is 2.63 bits per heavy atom. The van der Waals surface area contributed by atoms with Crippen LogP contribution in [0.3, 0.4) is 0 Å². The van der Waals surface area contributed by atoms with Gasteiger partial charge in [0.25, 0.3) is 0 Å². The Kier molecular flexibility index (Phi) is 3.30. The summed E-state index contributed by atoms with van der Waals surface area (Å²) in [6.07, 6.45) is -6.45. The van der Waals surface area contributed by atoms with Crippen molar-refractivity contribution in [2.24, 2.45) is 0 Å². The molecule has 6 heteroatoms. The highest BCUT2D eigenvalue weighted by Crippen LogP contribution is 2.26. The smallest absolute Gasteiger partial charge is 0.425 e. The SMILES string of the molecule is CC(Oc1cc(C#N)c2ccccc2n1)C(F)(F)F. The highest BCUT2D eigenvalue weighted by atomic mass is 19.4. The molecule has 0 spiro atoms. The summed E-state index contributed by atoms with van der Waals surface area (Å²) in [4.78, 5) is 3.96. The van der Waals surface area contributed by atoms with Crippen LogP contribution in [-0.4, -0.2) is 17.3 Å². The number of pyridine rings is 1. The summed E-state index contributed by atoms with van der Waals surface area (Å²) in [7, 11) is 0. The first-order valence-electron chi connectivity index (χ1n) is 5.45. The minimum absolute atomic E-state index is 0.208. The van der Waals surface area contributed by atoms with Gasteiger partial charge < -0.3 is 4.74 Å². The average Bonchev–Trinajstić information content (AvgIpc) is 2.36. The van der Waals surface area contributed by atoms with Crippen molar-refractivity contribution in [1.82, 2.24) is 4.98 Å². The Hall–Kier alpha value is -2.29. The molecule has 19 heavy (non-hydrogen) atoms. The third kappa shape index (κ3) is 2.76. The van der Waals surface area contributed by atoms with Crippen LogP contribution in [0.2, 0.25) is 0 Å². The van der Waals surface area contributed by atoms with Crippen molar-refractivity contribution in [3.63, 3.8) is 0 Å². The normalized spacial score (nSPS) is 13.0. The third-order valence-electron chi connectivity index (χ3n) is 2.57. The summed E-state index contributed by atoms with van der Waals surface area (Å²) in [6, 6.07) is 9.84. The monoisotopic (exact) mass is 266 g/mol. The number of halogens is 3. The maximum Gasteiger partial charge on any atom is 0.425 e. The van der Waals surface area contributed by atoms with E-state index in [1.807, 2.05) is 6.07 Å². The van der Waals surface area contributed by atoms with E-state index in [4.69, 9.17) is 10.00 Å². The van der Waals surface area contributed by atoms with Gasteiger partial charge in [-0.15, -0.1) is 0 Å². The van der Waals surface area contributed by atoms with Crippen molar-refractivity contribution in [1.29, 1.82) is 5.26 Å². The van der Waals surface area contributed by atoms with Crippen molar-refractivity contribution in [3.05, 3.63) is 35.9 Å². The van der Waals surface area contributed by atoms with E-state index < -0.39 is 12.3 Å². The predicted octanol–water partition coefficient (Wildman–Crippen LogP) is 3.44. The highest BCUT2D eigenvalue weighted by molar-refractivity contribution is 5.85. The standard InChI is InChI=1S/C13H9F3N2O/c1-8(13(14,15)16)19-12-6-9(7-17)10-4-2-3-5-11(10)18-12/h2-6,8H,1H3. The molecule has 0 radical (unpaired) electrons. The molecule has 1 heterocycles. The first-order valence-corrected chi connectivity index (χ1v) is 5.45. The Balaban J connectivity index is 2.43. The highest BCUT2D eigenvalue weighted by Gasteiger charge is 2.38. The number of fused-ring (bicyclic) bond motifs is 1. The zero-order valence-corrected chi connectivity index (χ0v) is 9.90. The lowest BCUT2D eigenvalue weighted by Gasteiger charge is -2.17. The number of hydrogen-bond donors (Lipinski definition) is 0. The van der Waals surface area contributed by atoms with Crippen molar-refractivity contribution >= 4 is 10.9 Å². The van der Waals surface area contributed by atoms with Crippen LogP contribution in [0.4, 0.5) is 13.2 Å². The number of aromatic nitrogens is 1. The molecule has 1 aromatic heterocycles. The lowest BCUT2D eigenvalue weighted by molar-refractivity contribution is -0.189. The van der Waals surface area contributed by atoms with Crippen LogP contribution >= 0.6 is 0 Å². The van der Waals surface area contributed by atoms with Gasteiger partial charge in [-0.1, -0.05) is 18.2 Å². The lowest BCUT2D eigenvalue weighted by atomic mass is 10.1. The molecule has 0 aliphatic heterocycles. The largest absolute Gasteiger partial charge is 0.465 e. The molecule has 0 fully saturated rings. The van der Waals surface area contributed by atoms with Gasteiger partial charge in [0.1, 0.15) is 6.07 Å². The summed E-state index contributed by atoms with van der Waals surface area (Å²) < 4.78 is 42.0. The second-order valence-corrected chi connectivity index (χ2v) is 3.94. The van der Waals surface area contributed by atoms with Crippen LogP contribution < -0.4 is 4.74 Å². The molecule has 98 valence electrons. The molecule has 1 atom stereocenters. The number of ether oxygens (including phenoxy) is 1. The molecule has 1 aromatic carbocycles. The number of benzene rings is 1. The van der Waals surface area contributed by atoms with Crippen LogP contribution in [0.5, 0.6) is 5.88 Å². The van der Waals surface area contributed by atoms with Gasteiger partial charge in [-0.2, -0.15) is 18.4 Å². The third-order valence-corrected chi connectivity index (χ3v) is 2.57. The number of nitriles is 1. The van der Waals surface area contributed by atoms with Gasteiger partial charge in [0.15, 0.2) is 6.10 Å². The van der Waals surface area contributed by atoms with Gasteiger partial charge in [0.05, 0.1) is 11.1 Å². The fourth-order valence-electron chi connectivity index (χ4n) is 1.55. The molecule has 0 saturated carbocycles. The lowest BCUT2D eigenvalue weighted by Crippen LogP contribution is -2.31. The molecular formula is C13H9F3N2O. The second kappa shape index (κ2) is 4.76. The van der Waals surface area contributed by atoms with Gasteiger partial charge in [0, 0.05) is 11.5 Å². The molecule has 0 N–H and O–H groups in total. The number of alkyl halides is 3. The maximum atomic E-state index is 12.4. The molecule has 2 aromatic rings. The molecule has 3 nitrogen and oxygen atoms in total. The quantitative estimate of drug-likeness (QED) is 0.836. The van der Waals surface area contributed by atoms with E-state index in [0.29, 0.717) is 10.9 Å². The van der Waals surface area contributed by atoms with E-state index in [1.54, 1.807) is 24.3 Å². The minimum Gasteiger partial charge on any atom is -0.465 e. The van der Waals surface area contributed by atoms with E-state index in [2.05, 4.69) is 4.98 Å². The van der Waals surface area contributed by atoms with E-state index in [9.17, 15) is 13.2 Å². The first kappa shape index (κ1) is 13.1. The van der Waals surface area contributed by atoms with E-state index in [0.717, 1.165) is 6.92 Å². The molecule has 0 saturated heterocycles. The van der Waals surface area contributed by atoms with Crippen LogP contribution in [0, 0.1) is 11.3 Å². The Morgan fingerprint density at radius 1 is 1.32 bits per heavy atom. The van der Waals surface area contributed by atoms with E-state index in [1.165, 1.54) is 6.07 Å². The van der Waals surface area contributed by atoms with Crippen LogP contribution in [0.25, 0.3) is 10.9 Å². The summed E-state index contributed by atoms with van der Waals surface area (Å²) in [5.41, 5.74) is 0.654. The fraction of sp³-hybridized carbons (Fsp3) is 0.231. The maximum absolute atomic E-state index is 12.4. The number of para-hydroxylation sites is 1. The zero-order chi connectivity index (χ0) is 14.0. The summed E-state index contributed by atoms with van der Waals surface area (Å²) >= 11 is 0. The molecule has 2 rings (SSSR count). The molecule has 0 amide bonds. The molecule has 0 bridgehead atoms. The molecule has 1 unspecified atom stereocenters. The van der Waals surface area contributed by atoms with Gasteiger partial charge in [0.2, 0.25) is 5.88 Å². The van der Waals surface area contributed by atoms with Crippen molar-refractivity contribution in [2.75, 3.05) is 0 Å². The number of hydrogen-bond acceptors (Lipinski definition) is 3. The number of rotatable bonds is 2. The van der Waals surface area contributed by atoms with Gasteiger partial charge >= 0.3 is 6.18 Å². The van der Waals surface area contributed by atoms with E-state index >= 15 is 0 Å². The second-order valence-electron chi connectivity index (χ2n) is 3.94. The molecule has 0 aliphatic carbocycles. The van der Waals surface area contributed by atoms with Crippen LogP contribution in [0.15, 0.2) is 30.3 Å². The Bertz CT molecular complexity index is 646. The van der Waals surface area contributed by atoms with E-state index in [-0.39, 0.29) is 11.4 Å².